The van der Waals surface area contributed by atoms with Crippen LogP contribution in [0, 0.1) is 0 Å². The molecule has 2 heterocycles. The highest BCUT2D eigenvalue weighted by molar-refractivity contribution is 9.10. The minimum Gasteiger partial charge on any atom is -0.351 e. The van der Waals surface area contributed by atoms with E-state index in [1.165, 1.54) is 0 Å². The number of fused-ring (bicyclic) bond motifs is 1. The first-order chi connectivity index (χ1) is 9.63. The molecule has 0 bridgehead atoms. The van der Waals surface area contributed by atoms with Crippen molar-refractivity contribution in [3.05, 3.63) is 51.3 Å². The van der Waals surface area contributed by atoms with E-state index in [1.807, 2.05) is 24.3 Å². The van der Waals surface area contributed by atoms with Crippen molar-refractivity contribution in [2.75, 3.05) is 5.32 Å². The summed E-state index contributed by atoms with van der Waals surface area (Å²) in [7, 11) is 0. The van der Waals surface area contributed by atoms with Gasteiger partial charge in [-0.1, -0.05) is 35.3 Å². The van der Waals surface area contributed by atoms with Gasteiger partial charge in [-0.2, -0.15) is 0 Å². The van der Waals surface area contributed by atoms with Gasteiger partial charge in [0.2, 0.25) is 0 Å². The topological polar surface area (TPSA) is 50.7 Å². The Kier molecular flexibility index (Phi) is 3.74. The summed E-state index contributed by atoms with van der Waals surface area (Å²) >= 11 is 15.2. The van der Waals surface area contributed by atoms with E-state index in [-0.39, 0.29) is 10.3 Å². The standard InChI is InChI=1S/C13H7BrCl2N4/c14-8-4-7-2-1-3-9(12(7)17-6-8)18-10-5-11(15)19-20-13(10)16/h1-6H,(H,18,19). The van der Waals surface area contributed by atoms with Crippen LogP contribution in [0.25, 0.3) is 10.9 Å². The van der Waals surface area contributed by atoms with Gasteiger partial charge < -0.3 is 5.32 Å². The van der Waals surface area contributed by atoms with Crippen molar-refractivity contribution in [2.45, 2.75) is 0 Å². The van der Waals surface area contributed by atoms with E-state index in [0.717, 1.165) is 21.1 Å². The molecule has 20 heavy (non-hydrogen) atoms. The minimum absolute atomic E-state index is 0.253. The van der Waals surface area contributed by atoms with Gasteiger partial charge >= 0.3 is 0 Å². The zero-order valence-electron chi connectivity index (χ0n) is 9.94. The number of hydrogen-bond acceptors (Lipinski definition) is 4. The Morgan fingerprint density at radius 3 is 2.75 bits per heavy atom. The molecule has 3 rings (SSSR count). The van der Waals surface area contributed by atoms with Crippen molar-refractivity contribution >= 4 is 61.4 Å². The number of nitrogens with zero attached hydrogens (tertiary/aromatic N) is 3. The zero-order chi connectivity index (χ0) is 14.1. The second-order valence-corrected chi connectivity index (χ2v) is 5.69. The molecule has 0 aliphatic rings. The van der Waals surface area contributed by atoms with Gasteiger partial charge in [0.1, 0.15) is 0 Å². The van der Waals surface area contributed by atoms with Crippen LogP contribution in [0.1, 0.15) is 0 Å². The average molecular weight is 370 g/mol. The molecule has 1 N–H and O–H groups in total. The van der Waals surface area contributed by atoms with Crippen LogP contribution in [0.4, 0.5) is 11.4 Å². The molecule has 3 aromatic rings. The smallest absolute Gasteiger partial charge is 0.175 e. The molecule has 2 aromatic heterocycles. The number of anilines is 2. The van der Waals surface area contributed by atoms with Crippen molar-refractivity contribution in [2.24, 2.45) is 0 Å². The van der Waals surface area contributed by atoms with Crippen LogP contribution >= 0.6 is 39.1 Å². The van der Waals surface area contributed by atoms with Crippen molar-refractivity contribution in [3.8, 4) is 0 Å². The van der Waals surface area contributed by atoms with E-state index in [4.69, 9.17) is 23.2 Å². The Bertz CT molecular complexity index is 794. The summed E-state index contributed by atoms with van der Waals surface area (Å²) in [6.45, 7) is 0. The van der Waals surface area contributed by atoms with E-state index in [2.05, 4.69) is 36.4 Å². The number of halogens is 3. The largest absolute Gasteiger partial charge is 0.351 e. The third kappa shape index (κ3) is 2.70. The lowest BCUT2D eigenvalue weighted by Crippen LogP contribution is -1.96. The van der Waals surface area contributed by atoms with Gasteiger partial charge in [0, 0.05) is 22.1 Å². The Morgan fingerprint density at radius 1 is 1.05 bits per heavy atom. The highest BCUT2D eigenvalue weighted by Crippen LogP contribution is 2.29. The maximum Gasteiger partial charge on any atom is 0.175 e. The van der Waals surface area contributed by atoms with Crippen LogP contribution < -0.4 is 5.32 Å². The molecule has 4 nitrogen and oxygen atoms in total. The number of benzene rings is 1. The molecule has 0 saturated carbocycles. The molecule has 0 spiro atoms. The quantitative estimate of drug-likeness (QED) is 0.702. The summed E-state index contributed by atoms with van der Waals surface area (Å²) in [5.41, 5.74) is 2.24. The lowest BCUT2D eigenvalue weighted by atomic mass is 10.2. The third-order valence-electron chi connectivity index (χ3n) is 2.67. The summed E-state index contributed by atoms with van der Waals surface area (Å²) < 4.78 is 0.925. The number of hydrogen-bond donors (Lipinski definition) is 1. The second kappa shape index (κ2) is 5.52. The molecular formula is C13H7BrCl2N4. The molecule has 100 valence electrons. The van der Waals surface area contributed by atoms with Crippen LogP contribution in [0.2, 0.25) is 10.3 Å². The van der Waals surface area contributed by atoms with E-state index in [1.54, 1.807) is 12.3 Å². The number of rotatable bonds is 2. The van der Waals surface area contributed by atoms with E-state index >= 15 is 0 Å². The van der Waals surface area contributed by atoms with Gasteiger partial charge in [-0.05, 0) is 28.1 Å². The summed E-state index contributed by atoms with van der Waals surface area (Å²) in [5, 5.41) is 12.1. The van der Waals surface area contributed by atoms with E-state index in [0.29, 0.717) is 5.69 Å². The van der Waals surface area contributed by atoms with Crippen molar-refractivity contribution < 1.29 is 0 Å². The monoisotopic (exact) mass is 368 g/mol. The van der Waals surface area contributed by atoms with Crippen LogP contribution in [-0.2, 0) is 0 Å². The predicted octanol–water partition coefficient (Wildman–Crippen LogP) is 4.84. The first kappa shape index (κ1) is 13.5. The molecule has 0 radical (unpaired) electrons. The number of aromatic nitrogens is 3. The maximum atomic E-state index is 6.00. The predicted molar refractivity (Wildman–Crippen MR) is 84.8 cm³/mol. The number of nitrogens with one attached hydrogen (secondary N) is 1. The molecule has 0 amide bonds. The van der Waals surface area contributed by atoms with Gasteiger partial charge in [-0.25, -0.2) is 0 Å². The second-order valence-electron chi connectivity index (χ2n) is 4.03. The van der Waals surface area contributed by atoms with Gasteiger partial charge in [-0.15, -0.1) is 10.2 Å². The summed E-state index contributed by atoms with van der Waals surface area (Å²) in [6, 6.07) is 9.44. The van der Waals surface area contributed by atoms with Gasteiger partial charge in [0.05, 0.1) is 16.9 Å². The highest BCUT2D eigenvalue weighted by atomic mass is 79.9. The van der Waals surface area contributed by atoms with Crippen LogP contribution in [0.3, 0.4) is 0 Å². The molecule has 7 heteroatoms. The SMILES string of the molecule is Clc1cc(Nc2cccc3cc(Br)cnc23)c(Cl)nn1. The van der Waals surface area contributed by atoms with Crippen molar-refractivity contribution in [1.82, 2.24) is 15.2 Å². The van der Waals surface area contributed by atoms with E-state index < -0.39 is 0 Å². The fourth-order valence-electron chi connectivity index (χ4n) is 1.82. The highest BCUT2D eigenvalue weighted by Gasteiger charge is 2.08. The fraction of sp³-hybridized carbons (Fsp3) is 0. The Hall–Kier alpha value is -1.43. The van der Waals surface area contributed by atoms with Gasteiger partial charge in [0.15, 0.2) is 10.3 Å². The molecule has 0 aliphatic carbocycles. The first-order valence-electron chi connectivity index (χ1n) is 5.63. The molecular weight excluding hydrogens is 363 g/mol. The summed E-state index contributed by atoms with van der Waals surface area (Å²) in [4.78, 5) is 4.41. The molecule has 0 aliphatic heterocycles. The maximum absolute atomic E-state index is 6.00. The zero-order valence-corrected chi connectivity index (χ0v) is 13.0. The molecule has 0 unspecified atom stereocenters. The lowest BCUT2D eigenvalue weighted by molar-refractivity contribution is 1.03. The Balaban J connectivity index is 2.09. The average Bonchev–Trinajstić information content (AvgIpc) is 2.43. The molecule has 0 saturated heterocycles. The Labute approximate surface area is 133 Å². The van der Waals surface area contributed by atoms with Crippen LogP contribution in [0.15, 0.2) is 41.0 Å². The van der Waals surface area contributed by atoms with E-state index in [9.17, 15) is 0 Å². The fourth-order valence-corrected chi connectivity index (χ4v) is 2.46. The number of para-hydroxylation sites is 1. The number of pyridine rings is 1. The minimum atomic E-state index is 0.253. The lowest BCUT2D eigenvalue weighted by Gasteiger charge is -2.10. The Morgan fingerprint density at radius 2 is 1.90 bits per heavy atom. The van der Waals surface area contributed by atoms with Crippen LogP contribution in [0.5, 0.6) is 0 Å². The molecule has 1 aromatic carbocycles. The van der Waals surface area contributed by atoms with Gasteiger partial charge in [-0.3, -0.25) is 4.98 Å². The van der Waals surface area contributed by atoms with Crippen molar-refractivity contribution in [1.29, 1.82) is 0 Å². The summed E-state index contributed by atoms with van der Waals surface area (Å²) in [6.07, 6.45) is 1.74. The van der Waals surface area contributed by atoms with Gasteiger partial charge in [0.25, 0.3) is 0 Å². The van der Waals surface area contributed by atoms with Crippen molar-refractivity contribution in [3.63, 3.8) is 0 Å². The van der Waals surface area contributed by atoms with Crippen LogP contribution in [-0.4, -0.2) is 15.2 Å². The summed E-state index contributed by atoms with van der Waals surface area (Å²) in [5.74, 6) is 0. The molecule has 0 atom stereocenters. The first-order valence-corrected chi connectivity index (χ1v) is 7.18. The normalized spacial score (nSPS) is 10.8. The molecule has 0 fully saturated rings. The third-order valence-corrected chi connectivity index (χ3v) is 3.56.